The lowest BCUT2D eigenvalue weighted by Gasteiger charge is -2.29. The van der Waals surface area contributed by atoms with Crippen LogP contribution in [-0.2, 0) is 0 Å². The van der Waals surface area contributed by atoms with E-state index in [1.54, 1.807) is 6.07 Å². The van der Waals surface area contributed by atoms with Crippen molar-refractivity contribution in [2.75, 3.05) is 13.6 Å². The fraction of sp³-hybridized carbons (Fsp3) is 0.667. The molecule has 3 atom stereocenters. The smallest absolute Gasteiger partial charge is 0.126 e. The van der Waals surface area contributed by atoms with Gasteiger partial charge in [0, 0.05) is 24.7 Å². The fourth-order valence-electron chi connectivity index (χ4n) is 3.55. The minimum atomic E-state index is -0.103. The van der Waals surface area contributed by atoms with Crippen LogP contribution in [0.5, 0.6) is 0 Å². The Hall–Kier alpha value is -0.930. The van der Waals surface area contributed by atoms with Gasteiger partial charge in [0.25, 0.3) is 0 Å². The molecular formula is C18H29FN2. The number of nitrogens with zero attached hydrogens (tertiary/aromatic N) is 1. The molecule has 1 N–H and O–H groups in total. The van der Waals surface area contributed by atoms with Crippen molar-refractivity contribution in [1.82, 2.24) is 10.2 Å². The minimum Gasteiger partial charge on any atom is -0.313 e. The molecule has 0 aliphatic carbocycles. The molecule has 3 unspecified atom stereocenters. The van der Waals surface area contributed by atoms with Crippen LogP contribution in [0.4, 0.5) is 4.39 Å². The van der Waals surface area contributed by atoms with Gasteiger partial charge in [-0.3, -0.25) is 4.90 Å². The summed E-state index contributed by atoms with van der Waals surface area (Å²) in [5, 5.41) is 3.34. The quantitative estimate of drug-likeness (QED) is 0.851. The number of rotatable bonds is 6. The molecule has 2 rings (SSSR count). The number of hydrogen-bond acceptors (Lipinski definition) is 2. The highest BCUT2D eigenvalue weighted by atomic mass is 19.1. The Labute approximate surface area is 128 Å². The predicted octanol–water partition coefficient (Wildman–Crippen LogP) is 4.05. The third kappa shape index (κ3) is 3.83. The molecule has 0 saturated carbocycles. The van der Waals surface area contributed by atoms with Crippen molar-refractivity contribution < 1.29 is 4.39 Å². The third-order valence-corrected chi connectivity index (χ3v) is 5.05. The summed E-state index contributed by atoms with van der Waals surface area (Å²) >= 11 is 0. The Bertz CT molecular complexity index is 461. The maximum Gasteiger partial charge on any atom is 0.126 e. The number of benzene rings is 1. The van der Waals surface area contributed by atoms with Gasteiger partial charge < -0.3 is 5.32 Å². The molecule has 0 spiro atoms. The average molecular weight is 292 g/mol. The lowest BCUT2D eigenvalue weighted by Crippen LogP contribution is -2.36. The van der Waals surface area contributed by atoms with Gasteiger partial charge in [-0.05, 0) is 63.8 Å². The number of aryl methyl sites for hydroxylation is 1. The first-order chi connectivity index (χ1) is 10.1. The predicted molar refractivity (Wildman–Crippen MR) is 87.0 cm³/mol. The second-order valence-corrected chi connectivity index (χ2v) is 6.36. The Morgan fingerprint density at radius 1 is 1.38 bits per heavy atom. The van der Waals surface area contributed by atoms with Gasteiger partial charge in [-0.25, -0.2) is 4.39 Å². The summed E-state index contributed by atoms with van der Waals surface area (Å²) in [6.07, 6.45) is 4.89. The molecule has 1 heterocycles. The Morgan fingerprint density at radius 2 is 2.14 bits per heavy atom. The second-order valence-electron chi connectivity index (χ2n) is 6.36. The molecular weight excluding hydrogens is 263 g/mol. The first-order valence-electron chi connectivity index (χ1n) is 8.25. The molecule has 1 saturated heterocycles. The number of halogens is 1. The SMILES string of the molecule is CCC1CCC(C)N1CCC(NC)c1ccc(C)c(F)c1. The second kappa shape index (κ2) is 7.37. The monoisotopic (exact) mass is 292 g/mol. The summed E-state index contributed by atoms with van der Waals surface area (Å²) in [5.74, 6) is -0.103. The molecule has 0 aromatic heterocycles. The minimum absolute atomic E-state index is 0.103. The van der Waals surface area contributed by atoms with Gasteiger partial charge >= 0.3 is 0 Å². The summed E-state index contributed by atoms with van der Waals surface area (Å²) in [4.78, 5) is 2.63. The highest BCUT2D eigenvalue weighted by molar-refractivity contribution is 5.25. The van der Waals surface area contributed by atoms with Crippen LogP contribution in [0.2, 0.25) is 0 Å². The van der Waals surface area contributed by atoms with Crippen LogP contribution in [0, 0.1) is 12.7 Å². The van der Waals surface area contributed by atoms with Crippen molar-refractivity contribution in [1.29, 1.82) is 0 Å². The van der Waals surface area contributed by atoms with E-state index >= 15 is 0 Å². The van der Waals surface area contributed by atoms with Crippen LogP contribution in [-0.4, -0.2) is 30.6 Å². The molecule has 21 heavy (non-hydrogen) atoms. The van der Waals surface area contributed by atoms with Crippen molar-refractivity contribution in [3.05, 3.63) is 35.1 Å². The largest absolute Gasteiger partial charge is 0.313 e. The molecule has 3 heteroatoms. The number of likely N-dealkylation sites (tertiary alicyclic amines) is 1. The van der Waals surface area contributed by atoms with E-state index in [1.807, 2.05) is 26.1 Å². The van der Waals surface area contributed by atoms with Crippen LogP contribution >= 0.6 is 0 Å². The highest BCUT2D eigenvalue weighted by Gasteiger charge is 2.29. The zero-order valence-electron chi connectivity index (χ0n) is 13.8. The van der Waals surface area contributed by atoms with E-state index in [0.717, 1.165) is 24.6 Å². The maximum atomic E-state index is 13.8. The fourth-order valence-corrected chi connectivity index (χ4v) is 3.55. The van der Waals surface area contributed by atoms with Crippen LogP contribution in [0.3, 0.4) is 0 Å². The summed E-state index contributed by atoms with van der Waals surface area (Å²) in [6.45, 7) is 7.50. The molecule has 1 aliphatic heterocycles. The van der Waals surface area contributed by atoms with E-state index in [9.17, 15) is 4.39 Å². The van der Waals surface area contributed by atoms with E-state index in [1.165, 1.54) is 19.3 Å². The summed E-state index contributed by atoms with van der Waals surface area (Å²) in [5.41, 5.74) is 1.77. The Kier molecular flexibility index (Phi) is 5.77. The Balaban J connectivity index is 2.00. The molecule has 118 valence electrons. The van der Waals surface area contributed by atoms with Crippen LogP contribution in [0.15, 0.2) is 18.2 Å². The van der Waals surface area contributed by atoms with Crippen molar-refractivity contribution >= 4 is 0 Å². The zero-order valence-corrected chi connectivity index (χ0v) is 13.8. The van der Waals surface area contributed by atoms with Crippen LogP contribution in [0.1, 0.15) is 56.7 Å². The molecule has 0 amide bonds. The molecule has 0 bridgehead atoms. The summed E-state index contributed by atoms with van der Waals surface area (Å²) < 4.78 is 13.8. The molecule has 1 aliphatic rings. The Morgan fingerprint density at radius 3 is 2.76 bits per heavy atom. The number of nitrogens with one attached hydrogen (secondary N) is 1. The van der Waals surface area contributed by atoms with Crippen molar-refractivity contribution in [2.24, 2.45) is 0 Å². The molecule has 1 fully saturated rings. The van der Waals surface area contributed by atoms with Gasteiger partial charge in [0.15, 0.2) is 0 Å². The van der Waals surface area contributed by atoms with Crippen molar-refractivity contribution in [2.45, 2.75) is 64.6 Å². The first-order valence-corrected chi connectivity index (χ1v) is 8.25. The van der Waals surface area contributed by atoms with Gasteiger partial charge in [-0.1, -0.05) is 19.1 Å². The van der Waals surface area contributed by atoms with E-state index in [2.05, 4.69) is 24.1 Å². The maximum absolute atomic E-state index is 13.8. The van der Waals surface area contributed by atoms with E-state index in [0.29, 0.717) is 11.6 Å². The van der Waals surface area contributed by atoms with Gasteiger partial charge in [0.2, 0.25) is 0 Å². The van der Waals surface area contributed by atoms with Crippen LogP contribution < -0.4 is 5.32 Å². The highest BCUT2D eigenvalue weighted by Crippen LogP contribution is 2.28. The lowest BCUT2D eigenvalue weighted by atomic mass is 10.0. The lowest BCUT2D eigenvalue weighted by molar-refractivity contribution is 0.189. The summed E-state index contributed by atoms with van der Waals surface area (Å²) in [6, 6.07) is 7.24. The number of hydrogen-bond donors (Lipinski definition) is 1. The van der Waals surface area contributed by atoms with E-state index in [4.69, 9.17) is 0 Å². The van der Waals surface area contributed by atoms with Gasteiger partial charge in [-0.2, -0.15) is 0 Å². The molecule has 1 aromatic rings. The third-order valence-electron chi connectivity index (χ3n) is 5.05. The first kappa shape index (κ1) is 16.4. The zero-order chi connectivity index (χ0) is 15.4. The van der Waals surface area contributed by atoms with E-state index in [-0.39, 0.29) is 11.9 Å². The van der Waals surface area contributed by atoms with Gasteiger partial charge in [0.1, 0.15) is 5.82 Å². The van der Waals surface area contributed by atoms with Gasteiger partial charge in [-0.15, -0.1) is 0 Å². The molecule has 1 aromatic carbocycles. The van der Waals surface area contributed by atoms with Crippen molar-refractivity contribution in [3.8, 4) is 0 Å². The van der Waals surface area contributed by atoms with Crippen molar-refractivity contribution in [3.63, 3.8) is 0 Å². The average Bonchev–Trinajstić information content (AvgIpc) is 2.84. The van der Waals surface area contributed by atoms with Gasteiger partial charge in [0.05, 0.1) is 0 Å². The normalized spacial score (nSPS) is 24.4. The standard InChI is InChI=1S/C18H29FN2/c1-5-16-9-7-14(3)21(16)11-10-18(20-4)15-8-6-13(2)17(19)12-15/h6,8,12,14,16,18,20H,5,7,9-11H2,1-4H3. The molecule has 0 radical (unpaired) electrons. The van der Waals surface area contributed by atoms with E-state index < -0.39 is 0 Å². The summed E-state index contributed by atoms with van der Waals surface area (Å²) in [7, 11) is 1.97. The molecule has 2 nitrogen and oxygen atoms in total. The topological polar surface area (TPSA) is 15.3 Å². The van der Waals surface area contributed by atoms with Crippen LogP contribution in [0.25, 0.3) is 0 Å².